The number of hydrogen-bond donors (Lipinski definition) is 1. The Morgan fingerprint density at radius 1 is 1.29 bits per heavy atom. The smallest absolute Gasteiger partial charge is 0.305 e. The summed E-state index contributed by atoms with van der Waals surface area (Å²) in [5, 5.41) is 9.35. The maximum Gasteiger partial charge on any atom is 0.305 e. The monoisotopic (exact) mass is 240 g/mol. The Morgan fingerprint density at radius 2 is 2.00 bits per heavy atom. The number of unbranched alkanes of at least 4 members (excludes halogenated alkanes) is 4. The average molecular weight is 240 g/mol. The van der Waals surface area contributed by atoms with Crippen molar-refractivity contribution in [2.24, 2.45) is 0 Å². The highest BCUT2D eigenvalue weighted by molar-refractivity contribution is 5.68. The zero-order chi connectivity index (χ0) is 12.9. The van der Waals surface area contributed by atoms with Crippen molar-refractivity contribution in [2.45, 2.75) is 64.4 Å². The first kappa shape index (κ1) is 16.0. The van der Waals surface area contributed by atoms with Gasteiger partial charge in [0, 0.05) is 12.8 Å². The van der Waals surface area contributed by atoms with Crippen LogP contribution in [0.5, 0.6) is 0 Å². The SMILES string of the molecule is CCC[C@H](O)C#CCCCCCCC(=O)OC. The van der Waals surface area contributed by atoms with E-state index in [1.54, 1.807) is 0 Å². The third kappa shape index (κ3) is 11.3. The molecule has 0 saturated heterocycles. The zero-order valence-corrected chi connectivity index (χ0v) is 11.0. The van der Waals surface area contributed by atoms with Gasteiger partial charge in [-0.1, -0.05) is 32.1 Å². The molecular formula is C14H24O3. The molecule has 0 heterocycles. The average Bonchev–Trinajstić information content (AvgIpc) is 2.32. The summed E-state index contributed by atoms with van der Waals surface area (Å²) in [4.78, 5) is 10.8. The number of aliphatic hydroxyl groups is 1. The van der Waals surface area contributed by atoms with Gasteiger partial charge in [-0.15, -0.1) is 5.92 Å². The van der Waals surface area contributed by atoms with E-state index < -0.39 is 6.10 Å². The van der Waals surface area contributed by atoms with Crippen molar-refractivity contribution in [2.75, 3.05) is 7.11 Å². The van der Waals surface area contributed by atoms with Crippen molar-refractivity contribution in [3.63, 3.8) is 0 Å². The van der Waals surface area contributed by atoms with Crippen molar-refractivity contribution in [1.29, 1.82) is 0 Å². The summed E-state index contributed by atoms with van der Waals surface area (Å²) < 4.78 is 4.56. The number of hydrogen-bond acceptors (Lipinski definition) is 3. The molecule has 0 aromatic carbocycles. The largest absolute Gasteiger partial charge is 0.469 e. The Kier molecular flexibility index (Phi) is 10.8. The molecule has 1 atom stereocenters. The molecule has 0 aliphatic heterocycles. The van der Waals surface area contributed by atoms with Crippen LogP contribution in [0, 0.1) is 11.8 Å². The number of carbonyl (C=O) groups excluding carboxylic acids is 1. The molecule has 0 bridgehead atoms. The summed E-state index contributed by atoms with van der Waals surface area (Å²) in [6, 6.07) is 0. The number of ether oxygens (including phenoxy) is 1. The molecule has 0 spiro atoms. The van der Waals surface area contributed by atoms with E-state index in [-0.39, 0.29) is 5.97 Å². The highest BCUT2D eigenvalue weighted by Gasteiger charge is 1.98. The van der Waals surface area contributed by atoms with E-state index in [1.165, 1.54) is 7.11 Å². The standard InChI is InChI=1S/C14H24O3/c1-3-10-13(15)11-8-6-4-5-7-9-12-14(16)17-2/h13,15H,3-7,9-10,12H2,1-2H3/t13-/m0/s1. The van der Waals surface area contributed by atoms with Crippen LogP contribution in [0.3, 0.4) is 0 Å². The maximum atomic E-state index is 10.8. The van der Waals surface area contributed by atoms with Gasteiger partial charge in [-0.05, 0) is 19.3 Å². The number of aliphatic hydroxyl groups excluding tert-OH is 1. The third-order valence-electron chi connectivity index (χ3n) is 2.49. The predicted molar refractivity (Wildman–Crippen MR) is 68.4 cm³/mol. The Morgan fingerprint density at radius 3 is 2.65 bits per heavy atom. The highest BCUT2D eigenvalue weighted by atomic mass is 16.5. The van der Waals surface area contributed by atoms with E-state index in [9.17, 15) is 9.90 Å². The van der Waals surface area contributed by atoms with Gasteiger partial charge in [-0.3, -0.25) is 4.79 Å². The van der Waals surface area contributed by atoms with Crippen LogP contribution in [0.2, 0.25) is 0 Å². The van der Waals surface area contributed by atoms with E-state index in [0.717, 1.165) is 44.9 Å². The van der Waals surface area contributed by atoms with Crippen LogP contribution < -0.4 is 0 Å². The molecule has 0 radical (unpaired) electrons. The second-order valence-corrected chi connectivity index (χ2v) is 4.12. The van der Waals surface area contributed by atoms with Gasteiger partial charge < -0.3 is 9.84 Å². The minimum absolute atomic E-state index is 0.132. The Balaban J connectivity index is 3.31. The summed E-state index contributed by atoms with van der Waals surface area (Å²) in [5.41, 5.74) is 0. The molecule has 3 nitrogen and oxygen atoms in total. The molecule has 0 aromatic rings. The van der Waals surface area contributed by atoms with Crippen LogP contribution in [0.25, 0.3) is 0 Å². The summed E-state index contributed by atoms with van der Waals surface area (Å²) in [7, 11) is 1.42. The first-order valence-corrected chi connectivity index (χ1v) is 6.44. The molecule has 1 N–H and O–H groups in total. The molecule has 98 valence electrons. The van der Waals surface area contributed by atoms with Gasteiger partial charge in [-0.2, -0.15) is 0 Å². The fourth-order valence-corrected chi connectivity index (χ4v) is 1.47. The van der Waals surface area contributed by atoms with Crippen LogP contribution in [0.4, 0.5) is 0 Å². The van der Waals surface area contributed by atoms with Gasteiger partial charge in [0.1, 0.15) is 6.10 Å². The minimum Gasteiger partial charge on any atom is -0.469 e. The number of carbonyl (C=O) groups is 1. The lowest BCUT2D eigenvalue weighted by molar-refractivity contribution is -0.140. The highest BCUT2D eigenvalue weighted by Crippen LogP contribution is 2.05. The summed E-state index contributed by atoms with van der Waals surface area (Å²) in [6.45, 7) is 2.03. The lowest BCUT2D eigenvalue weighted by Crippen LogP contribution is -2.00. The minimum atomic E-state index is -0.459. The van der Waals surface area contributed by atoms with Gasteiger partial charge >= 0.3 is 5.97 Å². The molecule has 0 saturated carbocycles. The fraction of sp³-hybridized carbons (Fsp3) is 0.786. The Labute approximate surface area is 105 Å². The van der Waals surface area contributed by atoms with Crippen LogP contribution in [-0.4, -0.2) is 24.3 Å². The van der Waals surface area contributed by atoms with Crippen molar-refractivity contribution in [3.8, 4) is 11.8 Å². The van der Waals surface area contributed by atoms with Crippen molar-refractivity contribution < 1.29 is 14.6 Å². The predicted octanol–water partition coefficient (Wildman–Crippen LogP) is 2.66. The molecule has 0 unspecified atom stereocenters. The van der Waals surface area contributed by atoms with Gasteiger partial charge in [0.15, 0.2) is 0 Å². The van der Waals surface area contributed by atoms with Gasteiger partial charge in [0.25, 0.3) is 0 Å². The van der Waals surface area contributed by atoms with Crippen LogP contribution in [0.15, 0.2) is 0 Å². The van der Waals surface area contributed by atoms with Gasteiger partial charge in [0.2, 0.25) is 0 Å². The Bertz CT molecular complexity index is 250. The van der Waals surface area contributed by atoms with Gasteiger partial charge in [-0.25, -0.2) is 0 Å². The molecular weight excluding hydrogens is 216 g/mol. The first-order valence-electron chi connectivity index (χ1n) is 6.44. The van der Waals surface area contributed by atoms with E-state index in [1.807, 2.05) is 6.92 Å². The molecule has 0 amide bonds. The first-order chi connectivity index (χ1) is 8.20. The third-order valence-corrected chi connectivity index (χ3v) is 2.49. The fourth-order valence-electron chi connectivity index (χ4n) is 1.47. The molecule has 0 aromatic heterocycles. The zero-order valence-electron chi connectivity index (χ0n) is 11.0. The lowest BCUT2D eigenvalue weighted by Gasteiger charge is -1.99. The summed E-state index contributed by atoms with van der Waals surface area (Å²) >= 11 is 0. The van der Waals surface area contributed by atoms with Crippen LogP contribution in [0.1, 0.15) is 58.3 Å². The Hall–Kier alpha value is -1.01. The molecule has 3 heteroatoms. The quantitative estimate of drug-likeness (QED) is 0.403. The van der Waals surface area contributed by atoms with E-state index in [4.69, 9.17) is 0 Å². The number of methoxy groups -OCH3 is 1. The summed E-state index contributed by atoms with van der Waals surface area (Å²) in [5.74, 6) is 5.69. The molecule has 0 aliphatic carbocycles. The molecule has 0 rings (SSSR count). The van der Waals surface area contributed by atoms with Crippen molar-refractivity contribution >= 4 is 5.97 Å². The van der Waals surface area contributed by atoms with Crippen LogP contribution in [-0.2, 0) is 9.53 Å². The summed E-state index contributed by atoms with van der Waals surface area (Å²) in [6.07, 6.45) is 6.64. The van der Waals surface area contributed by atoms with Crippen LogP contribution >= 0.6 is 0 Å². The van der Waals surface area contributed by atoms with Gasteiger partial charge in [0.05, 0.1) is 7.11 Å². The number of rotatable bonds is 8. The molecule has 17 heavy (non-hydrogen) atoms. The number of esters is 1. The molecule has 0 aliphatic rings. The topological polar surface area (TPSA) is 46.5 Å². The van der Waals surface area contributed by atoms with E-state index >= 15 is 0 Å². The van der Waals surface area contributed by atoms with E-state index in [2.05, 4.69) is 16.6 Å². The van der Waals surface area contributed by atoms with Crippen molar-refractivity contribution in [1.82, 2.24) is 0 Å². The molecule has 0 fully saturated rings. The second-order valence-electron chi connectivity index (χ2n) is 4.12. The maximum absolute atomic E-state index is 10.8. The second kappa shape index (κ2) is 11.5. The normalized spacial score (nSPS) is 11.5. The van der Waals surface area contributed by atoms with E-state index in [0.29, 0.717) is 6.42 Å². The van der Waals surface area contributed by atoms with Crippen molar-refractivity contribution in [3.05, 3.63) is 0 Å². The lowest BCUT2D eigenvalue weighted by atomic mass is 10.1.